The maximum absolute atomic E-state index is 13.0. The third kappa shape index (κ3) is 5.48. The molecule has 1 aliphatic heterocycles. The van der Waals surface area contributed by atoms with E-state index in [-0.39, 0.29) is 18.1 Å². The molecule has 0 bridgehead atoms. The summed E-state index contributed by atoms with van der Waals surface area (Å²) in [7, 11) is 0. The first-order valence-corrected chi connectivity index (χ1v) is 12.3. The van der Waals surface area contributed by atoms with Gasteiger partial charge < -0.3 is 14.8 Å². The van der Waals surface area contributed by atoms with Gasteiger partial charge in [0.1, 0.15) is 12.3 Å². The highest BCUT2D eigenvalue weighted by atomic mass is 16.5. The van der Waals surface area contributed by atoms with Gasteiger partial charge in [0, 0.05) is 0 Å². The van der Waals surface area contributed by atoms with Crippen LogP contribution in [0.25, 0.3) is 16.8 Å². The van der Waals surface area contributed by atoms with E-state index >= 15 is 0 Å². The van der Waals surface area contributed by atoms with Crippen LogP contribution in [0.1, 0.15) is 29.2 Å². The van der Waals surface area contributed by atoms with E-state index in [1.54, 1.807) is 6.08 Å². The molecule has 1 heterocycles. The number of benzene rings is 4. The van der Waals surface area contributed by atoms with Gasteiger partial charge in [-0.1, -0.05) is 72.3 Å². The van der Waals surface area contributed by atoms with Crippen molar-refractivity contribution in [1.82, 2.24) is 10.2 Å². The zero-order valence-electron chi connectivity index (χ0n) is 20.9. The molecule has 4 aromatic carbocycles. The van der Waals surface area contributed by atoms with E-state index in [0.29, 0.717) is 24.7 Å². The Morgan fingerprint density at radius 2 is 1.65 bits per heavy atom. The standard InChI is InChI=1S/C31H28N2O4/c1-3-36-29-18-22(12-14-28(29)37-20-24-11-13-25-9-4-5-10-26(25)16-24)17-27-30(34)33(31(35)32-27)19-23-8-6-7-21(2)15-23/h4-18H,3,19-20H2,1-2H3,(H,32,35)/b27-17+. The highest BCUT2D eigenvalue weighted by Gasteiger charge is 2.33. The van der Waals surface area contributed by atoms with Crippen LogP contribution in [0.3, 0.4) is 0 Å². The van der Waals surface area contributed by atoms with Crippen molar-refractivity contribution in [1.29, 1.82) is 0 Å². The number of aryl methyl sites for hydroxylation is 1. The Kier molecular flexibility index (Phi) is 6.90. The summed E-state index contributed by atoms with van der Waals surface area (Å²) in [6.07, 6.45) is 1.66. The molecule has 1 fully saturated rings. The Bertz CT molecular complexity index is 1510. The fourth-order valence-corrected chi connectivity index (χ4v) is 4.37. The van der Waals surface area contributed by atoms with Gasteiger partial charge in [0.2, 0.25) is 0 Å². The first-order chi connectivity index (χ1) is 18.0. The summed E-state index contributed by atoms with van der Waals surface area (Å²) in [6, 6.07) is 27.3. The molecule has 5 rings (SSSR count). The molecule has 0 spiro atoms. The van der Waals surface area contributed by atoms with Gasteiger partial charge >= 0.3 is 6.03 Å². The van der Waals surface area contributed by atoms with E-state index < -0.39 is 6.03 Å². The zero-order chi connectivity index (χ0) is 25.8. The van der Waals surface area contributed by atoms with Crippen LogP contribution in [0.4, 0.5) is 4.79 Å². The summed E-state index contributed by atoms with van der Waals surface area (Å²) >= 11 is 0. The first kappa shape index (κ1) is 24.1. The van der Waals surface area contributed by atoms with Gasteiger partial charge in [0.25, 0.3) is 5.91 Å². The van der Waals surface area contributed by atoms with E-state index in [1.165, 1.54) is 10.3 Å². The molecule has 0 saturated carbocycles. The van der Waals surface area contributed by atoms with Crippen LogP contribution < -0.4 is 14.8 Å². The summed E-state index contributed by atoms with van der Waals surface area (Å²) in [4.78, 5) is 26.7. The Labute approximate surface area is 216 Å². The van der Waals surface area contributed by atoms with Gasteiger partial charge in [-0.15, -0.1) is 0 Å². The molecule has 0 aliphatic carbocycles. The van der Waals surface area contributed by atoms with Crippen molar-refractivity contribution in [3.05, 3.63) is 113 Å². The molecule has 186 valence electrons. The van der Waals surface area contributed by atoms with E-state index in [1.807, 2.05) is 68.4 Å². The maximum atomic E-state index is 13.0. The van der Waals surface area contributed by atoms with Crippen molar-refractivity contribution >= 4 is 28.8 Å². The predicted molar refractivity (Wildman–Crippen MR) is 144 cm³/mol. The second-order valence-corrected chi connectivity index (χ2v) is 8.98. The lowest BCUT2D eigenvalue weighted by atomic mass is 10.1. The van der Waals surface area contributed by atoms with Crippen molar-refractivity contribution in [2.45, 2.75) is 27.0 Å². The third-order valence-corrected chi connectivity index (χ3v) is 6.17. The molecular formula is C31H28N2O4. The van der Waals surface area contributed by atoms with Gasteiger partial charge in [-0.2, -0.15) is 0 Å². The van der Waals surface area contributed by atoms with Crippen LogP contribution in [0.5, 0.6) is 11.5 Å². The number of carbonyl (C=O) groups is 2. The Morgan fingerprint density at radius 3 is 2.46 bits per heavy atom. The van der Waals surface area contributed by atoms with Gasteiger partial charge in [-0.05, 0) is 65.6 Å². The predicted octanol–water partition coefficient (Wildman–Crippen LogP) is 6.22. The minimum absolute atomic E-state index is 0.218. The van der Waals surface area contributed by atoms with Crippen molar-refractivity contribution in [2.75, 3.05) is 6.61 Å². The molecular weight excluding hydrogens is 464 g/mol. The normalized spacial score (nSPS) is 14.3. The second kappa shape index (κ2) is 10.6. The summed E-state index contributed by atoms with van der Waals surface area (Å²) in [5.41, 5.74) is 3.98. The molecule has 6 nitrogen and oxygen atoms in total. The molecule has 0 unspecified atom stereocenters. The van der Waals surface area contributed by atoms with Gasteiger partial charge in [-0.25, -0.2) is 4.79 Å². The molecule has 1 aliphatic rings. The number of ether oxygens (including phenoxy) is 2. The van der Waals surface area contributed by atoms with Crippen LogP contribution in [-0.4, -0.2) is 23.4 Å². The number of hydrogen-bond acceptors (Lipinski definition) is 4. The molecule has 0 aromatic heterocycles. The summed E-state index contributed by atoms with van der Waals surface area (Å²) in [6.45, 7) is 4.96. The molecule has 1 saturated heterocycles. The number of imide groups is 1. The second-order valence-electron chi connectivity index (χ2n) is 8.98. The van der Waals surface area contributed by atoms with E-state index in [4.69, 9.17) is 9.47 Å². The Hall–Kier alpha value is -4.58. The number of rotatable bonds is 8. The average molecular weight is 493 g/mol. The fraction of sp³-hybridized carbons (Fsp3) is 0.161. The molecule has 0 atom stereocenters. The highest BCUT2D eigenvalue weighted by molar-refractivity contribution is 6.13. The molecule has 4 aromatic rings. The van der Waals surface area contributed by atoms with Crippen LogP contribution in [-0.2, 0) is 17.9 Å². The van der Waals surface area contributed by atoms with Crippen molar-refractivity contribution in [2.24, 2.45) is 0 Å². The SMILES string of the molecule is CCOc1cc(/C=C2/NC(=O)N(Cc3cccc(C)c3)C2=O)ccc1OCc1ccc2ccccc2c1. The minimum atomic E-state index is -0.432. The lowest BCUT2D eigenvalue weighted by Crippen LogP contribution is -2.30. The fourth-order valence-electron chi connectivity index (χ4n) is 4.37. The van der Waals surface area contributed by atoms with Gasteiger partial charge in [0.05, 0.1) is 13.2 Å². The van der Waals surface area contributed by atoms with Crippen molar-refractivity contribution in [3.8, 4) is 11.5 Å². The smallest absolute Gasteiger partial charge is 0.329 e. The lowest BCUT2D eigenvalue weighted by Gasteiger charge is -2.13. The highest BCUT2D eigenvalue weighted by Crippen LogP contribution is 2.31. The van der Waals surface area contributed by atoms with Crippen molar-refractivity contribution < 1.29 is 19.1 Å². The number of hydrogen-bond donors (Lipinski definition) is 1. The average Bonchev–Trinajstić information content (AvgIpc) is 3.15. The molecule has 0 radical (unpaired) electrons. The van der Waals surface area contributed by atoms with E-state index in [9.17, 15) is 9.59 Å². The van der Waals surface area contributed by atoms with Crippen LogP contribution >= 0.6 is 0 Å². The van der Waals surface area contributed by atoms with Crippen LogP contribution in [0, 0.1) is 6.92 Å². The summed E-state index contributed by atoms with van der Waals surface area (Å²) < 4.78 is 11.9. The molecule has 1 N–H and O–H groups in total. The minimum Gasteiger partial charge on any atom is -0.490 e. The van der Waals surface area contributed by atoms with Crippen molar-refractivity contribution in [3.63, 3.8) is 0 Å². The number of fused-ring (bicyclic) bond motifs is 1. The number of urea groups is 1. The maximum Gasteiger partial charge on any atom is 0.329 e. The summed E-state index contributed by atoms with van der Waals surface area (Å²) in [5, 5.41) is 5.04. The number of nitrogens with zero attached hydrogens (tertiary/aromatic N) is 1. The van der Waals surface area contributed by atoms with Gasteiger partial charge in [0.15, 0.2) is 11.5 Å². The quantitative estimate of drug-likeness (QED) is 0.234. The van der Waals surface area contributed by atoms with Crippen LogP contribution in [0.2, 0.25) is 0 Å². The number of amides is 3. The van der Waals surface area contributed by atoms with E-state index in [0.717, 1.165) is 27.6 Å². The Balaban J connectivity index is 1.32. The number of carbonyl (C=O) groups excluding carboxylic acids is 2. The van der Waals surface area contributed by atoms with E-state index in [2.05, 4.69) is 35.6 Å². The zero-order valence-corrected chi connectivity index (χ0v) is 20.9. The first-order valence-electron chi connectivity index (χ1n) is 12.3. The summed E-state index contributed by atoms with van der Waals surface area (Å²) in [5.74, 6) is 0.826. The largest absolute Gasteiger partial charge is 0.490 e. The van der Waals surface area contributed by atoms with Crippen LogP contribution in [0.15, 0.2) is 90.6 Å². The third-order valence-electron chi connectivity index (χ3n) is 6.17. The Morgan fingerprint density at radius 1 is 0.811 bits per heavy atom. The topological polar surface area (TPSA) is 67.9 Å². The monoisotopic (exact) mass is 492 g/mol. The lowest BCUT2D eigenvalue weighted by molar-refractivity contribution is -0.123. The number of nitrogens with one attached hydrogen (secondary N) is 1. The molecule has 37 heavy (non-hydrogen) atoms. The molecule has 3 amide bonds. The molecule has 6 heteroatoms. The van der Waals surface area contributed by atoms with Gasteiger partial charge in [-0.3, -0.25) is 9.69 Å².